The van der Waals surface area contributed by atoms with E-state index in [2.05, 4.69) is 42.6 Å². The number of hydrogen-bond acceptors (Lipinski definition) is 5. The minimum atomic E-state index is 0.385. The predicted molar refractivity (Wildman–Crippen MR) is 129 cm³/mol. The fourth-order valence-electron chi connectivity index (χ4n) is 4.07. The van der Waals surface area contributed by atoms with Crippen molar-refractivity contribution < 1.29 is 9.47 Å². The second-order valence-electron chi connectivity index (χ2n) is 7.93. The van der Waals surface area contributed by atoms with Crippen molar-refractivity contribution in [1.29, 1.82) is 0 Å². The Balaban J connectivity index is 1.25. The number of fused-ring (bicyclic) bond motifs is 1. The lowest BCUT2D eigenvalue weighted by Gasteiger charge is -2.34. The van der Waals surface area contributed by atoms with Crippen molar-refractivity contribution in [3.8, 4) is 11.5 Å². The Bertz CT molecular complexity index is 1000. The molecule has 0 saturated carbocycles. The van der Waals surface area contributed by atoms with E-state index in [1.807, 2.05) is 37.4 Å². The van der Waals surface area contributed by atoms with Crippen LogP contribution in [-0.2, 0) is 6.42 Å². The van der Waals surface area contributed by atoms with Gasteiger partial charge in [0.2, 0.25) is 0 Å². The normalized spacial score (nSPS) is 15.1. The van der Waals surface area contributed by atoms with Crippen LogP contribution in [0.2, 0.25) is 0 Å². The molecule has 3 N–H and O–H groups in total. The molecule has 1 aliphatic heterocycles. The van der Waals surface area contributed by atoms with Crippen LogP contribution >= 0.6 is 0 Å². The van der Waals surface area contributed by atoms with E-state index in [-0.39, 0.29) is 0 Å². The highest BCUT2D eigenvalue weighted by molar-refractivity contribution is 5.80. The van der Waals surface area contributed by atoms with E-state index in [1.54, 1.807) is 14.2 Å². The minimum Gasteiger partial charge on any atom is -0.497 e. The van der Waals surface area contributed by atoms with Gasteiger partial charge >= 0.3 is 0 Å². The number of para-hydroxylation sites is 2. The summed E-state index contributed by atoms with van der Waals surface area (Å²) in [4.78, 5) is 14.8. The molecule has 32 heavy (non-hydrogen) atoms. The van der Waals surface area contributed by atoms with E-state index in [0.29, 0.717) is 6.04 Å². The maximum absolute atomic E-state index is 5.41. The molecule has 0 aliphatic carbocycles. The molecule has 170 valence electrons. The molecule has 1 aromatic heterocycles. The lowest BCUT2D eigenvalue weighted by atomic mass is 10.0. The molecule has 2 aromatic carbocycles. The van der Waals surface area contributed by atoms with Crippen molar-refractivity contribution in [2.45, 2.75) is 25.3 Å². The van der Waals surface area contributed by atoms with E-state index in [0.717, 1.165) is 78.9 Å². The summed E-state index contributed by atoms with van der Waals surface area (Å²) in [6.45, 7) is 2.69. The topological polar surface area (TPSA) is 86.8 Å². The lowest BCUT2D eigenvalue weighted by Crippen LogP contribution is -2.49. The molecule has 0 spiro atoms. The summed E-state index contributed by atoms with van der Waals surface area (Å²) in [5.41, 5.74) is 3.21. The standard InChI is InChI=1S/C24H32N6O2/c1-25-24(26-11-8-23-28-21-6-4-5-7-22(21)29-23)27-17-9-12-30(13-10-17)18-14-19(31-2)16-20(15-18)32-3/h4-7,14-17H,8-13H2,1-3H3,(H,28,29)(H2,25,26,27). The molecule has 1 aliphatic rings. The average molecular weight is 437 g/mol. The number of benzene rings is 2. The monoisotopic (exact) mass is 436 g/mol. The molecule has 2 heterocycles. The van der Waals surface area contributed by atoms with Crippen LogP contribution in [0.15, 0.2) is 47.5 Å². The Kier molecular flexibility index (Phi) is 6.99. The van der Waals surface area contributed by atoms with Gasteiger partial charge in [-0.15, -0.1) is 0 Å². The number of nitrogens with zero attached hydrogens (tertiary/aromatic N) is 3. The number of H-pyrrole nitrogens is 1. The summed E-state index contributed by atoms with van der Waals surface area (Å²) in [6, 6.07) is 14.5. The first-order chi connectivity index (χ1) is 15.7. The highest BCUT2D eigenvalue weighted by atomic mass is 16.5. The lowest BCUT2D eigenvalue weighted by molar-refractivity contribution is 0.393. The second-order valence-corrected chi connectivity index (χ2v) is 7.93. The molecule has 0 atom stereocenters. The van der Waals surface area contributed by atoms with Crippen molar-refractivity contribution in [3.63, 3.8) is 0 Å². The number of aromatic amines is 1. The van der Waals surface area contributed by atoms with E-state index in [1.165, 1.54) is 0 Å². The zero-order chi connectivity index (χ0) is 22.3. The van der Waals surface area contributed by atoms with E-state index in [4.69, 9.17) is 9.47 Å². The van der Waals surface area contributed by atoms with Gasteiger partial charge in [-0.1, -0.05) is 12.1 Å². The molecular formula is C24H32N6O2. The molecule has 8 heteroatoms. The summed E-state index contributed by atoms with van der Waals surface area (Å²) >= 11 is 0. The number of methoxy groups -OCH3 is 2. The smallest absolute Gasteiger partial charge is 0.191 e. The summed E-state index contributed by atoms with van der Waals surface area (Å²) in [6.07, 6.45) is 2.87. The SMILES string of the molecule is CN=C(NCCc1nc2ccccc2[nH]1)NC1CCN(c2cc(OC)cc(OC)c2)CC1. The fourth-order valence-corrected chi connectivity index (χ4v) is 4.07. The molecule has 4 rings (SSSR count). The summed E-state index contributed by atoms with van der Waals surface area (Å²) < 4.78 is 10.8. The molecule has 3 aromatic rings. The molecule has 1 fully saturated rings. The second kappa shape index (κ2) is 10.3. The Labute approximate surface area is 189 Å². The molecular weight excluding hydrogens is 404 g/mol. The van der Waals surface area contributed by atoms with Crippen molar-refractivity contribution in [1.82, 2.24) is 20.6 Å². The number of anilines is 1. The maximum atomic E-state index is 5.41. The third kappa shape index (κ3) is 5.25. The summed E-state index contributed by atoms with van der Waals surface area (Å²) in [5.74, 6) is 3.45. The van der Waals surface area contributed by atoms with Crippen LogP contribution in [0.25, 0.3) is 11.0 Å². The molecule has 0 amide bonds. The van der Waals surface area contributed by atoms with Gasteiger partial charge in [-0.2, -0.15) is 0 Å². The number of guanidine groups is 1. The maximum Gasteiger partial charge on any atom is 0.191 e. The Morgan fingerprint density at radius 1 is 1.12 bits per heavy atom. The zero-order valence-electron chi connectivity index (χ0n) is 19.0. The van der Waals surface area contributed by atoms with Gasteiger partial charge in [-0.3, -0.25) is 4.99 Å². The van der Waals surface area contributed by atoms with Gasteiger partial charge in [0.05, 0.1) is 25.3 Å². The van der Waals surface area contributed by atoms with Crippen LogP contribution in [0.1, 0.15) is 18.7 Å². The number of nitrogens with one attached hydrogen (secondary N) is 3. The highest BCUT2D eigenvalue weighted by Crippen LogP contribution is 2.30. The van der Waals surface area contributed by atoms with Gasteiger partial charge in [0.25, 0.3) is 0 Å². The van der Waals surface area contributed by atoms with Crippen LogP contribution in [0.5, 0.6) is 11.5 Å². The molecule has 0 radical (unpaired) electrons. The summed E-state index contributed by atoms with van der Waals surface area (Å²) in [5, 5.41) is 6.98. The number of rotatable bonds is 7. The van der Waals surface area contributed by atoms with Crippen LogP contribution < -0.4 is 25.0 Å². The predicted octanol–water partition coefficient (Wildman–Crippen LogP) is 2.96. The number of aromatic nitrogens is 2. The Morgan fingerprint density at radius 2 is 1.84 bits per heavy atom. The van der Waals surface area contributed by atoms with Gasteiger partial charge in [-0.05, 0) is 25.0 Å². The first-order valence-electron chi connectivity index (χ1n) is 11.1. The quantitative estimate of drug-likeness (QED) is 0.390. The zero-order valence-corrected chi connectivity index (χ0v) is 19.0. The van der Waals surface area contributed by atoms with E-state index >= 15 is 0 Å². The number of hydrogen-bond donors (Lipinski definition) is 3. The largest absolute Gasteiger partial charge is 0.497 e. The van der Waals surface area contributed by atoms with Gasteiger partial charge in [-0.25, -0.2) is 4.98 Å². The fraction of sp³-hybridized carbons (Fsp3) is 0.417. The minimum absolute atomic E-state index is 0.385. The van der Waals surface area contributed by atoms with Crippen LogP contribution in [0, 0.1) is 0 Å². The highest BCUT2D eigenvalue weighted by Gasteiger charge is 2.21. The average Bonchev–Trinajstić information content (AvgIpc) is 3.26. The Morgan fingerprint density at radius 3 is 2.50 bits per heavy atom. The van der Waals surface area contributed by atoms with Crippen LogP contribution in [0.4, 0.5) is 5.69 Å². The van der Waals surface area contributed by atoms with Crippen molar-refractivity contribution in [2.24, 2.45) is 4.99 Å². The van der Waals surface area contributed by atoms with Crippen LogP contribution in [0.3, 0.4) is 0 Å². The molecule has 1 saturated heterocycles. The number of imidazole rings is 1. The van der Waals surface area contributed by atoms with Gasteiger partial charge < -0.3 is 30.0 Å². The van der Waals surface area contributed by atoms with Crippen molar-refractivity contribution in [3.05, 3.63) is 48.3 Å². The van der Waals surface area contributed by atoms with Crippen molar-refractivity contribution in [2.75, 3.05) is 45.8 Å². The number of aliphatic imine (C=N–C) groups is 1. The van der Waals surface area contributed by atoms with Crippen LogP contribution in [-0.4, -0.2) is 62.9 Å². The van der Waals surface area contributed by atoms with Gasteiger partial charge in [0.15, 0.2) is 5.96 Å². The molecule has 0 unspecified atom stereocenters. The van der Waals surface area contributed by atoms with Gasteiger partial charge in [0.1, 0.15) is 17.3 Å². The first-order valence-corrected chi connectivity index (χ1v) is 11.1. The third-order valence-electron chi connectivity index (χ3n) is 5.85. The summed E-state index contributed by atoms with van der Waals surface area (Å²) in [7, 11) is 5.18. The Hall–Kier alpha value is -3.42. The number of piperidine rings is 1. The molecule has 0 bridgehead atoms. The van der Waals surface area contributed by atoms with E-state index in [9.17, 15) is 0 Å². The first kappa shape index (κ1) is 21.8. The number of ether oxygens (including phenoxy) is 2. The third-order valence-corrected chi connectivity index (χ3v) is 5.85. The van der Waals surface area contributed by atoms with Crippen molar-refractivity contribution >= 4 is 22.7 Å². The van der Waals surface area contributed by atoms with Gasteiger partial charge in [0, 0.05) is 63.0 Å². The van der Waals surface area contributed by atoms with E-state index < -0.39 is 0 Å². The molecule has 8 nitrogen and oxygen atoms in total.